The maximum Gasteiger partial charge on any atom is 0.275 e. The van der Waals surface area contributed by atoms with Gasteiger partial charge in [0, 0.05) is 17.1 Å². The molecule has 0 saturated carbocycles. The van der Waals surface area contributed by atoms with Crippen LogP contribution in [0.15, 0.2) is 41.9 Å². The molecule has 3 aromatic rings. The van der Waals surface area contributed by atoms with Crippen molar-refractivity contribution in [3.63, 3.8) is 0 Å². The van der Waals surface area contributed by atoms with Gasteiger partial charge >= 0.3 is 0 Å². The van der Waals surface area contributed by atoms with Crippen LogP contribution in [0.2, 0.25) is 0 Å². The van der Waals surface area contributed by atoms with Crippen molar-refractivity contribution in [1.82, 2.24) is 15.2 Å². The zero-order valence-corrected chi connectivity index (χ0v) is 11.6. The molecule has 0 aliphatic heterocycles. The Labute approximate surface area is 127 Å². The molecule has 0 unspecified atom stereocenters. The Hall–Kier alpha value is -2.47. The Balaban J connectivity index is 0.00000161. The highest BCUT2D eigenvalue weighted by Gasteiger charge is 2.10. The lowest BCUT2D eigenvalue weighted by atomic mass is 10.1. The molecule has 6 heteroatoms. The van der Waals surface area contributed by atoms with Crippen LogP contribution in [0.25, 0.3) is 11.3 Å². The van der Waals surface area contributed by atoms with Crippen LogP contribution < -0.4 is 5.32 Å². The molecule has 0 spiro atoms. The Morgan fingerprint density at radius 1 is 1.24 bits per heavy atom. The molecule has 0 radical (unpaired) electrons. The first-order valence-electron chi connectivity index (χ1n) is 6.06. The summed E-state index contributed by atoms with van der Waals surface area (Å²) in [6.07, 6.45) is 1.54. The molecule has 3 rings (SSSR count). The number of aryl methyl sites for hydroxylation is 1. The summed E-state index contributed by atoms with van der Waals surface area (Å²) in [5, 5.41) is 11.6. The van der Waals surface area contributed by atoms with Crippen LogP contribution in [0.4, 0.5) is 5.13 Å². The van der Waals surface area contributed by atoms with E-state index in [0.29, 0.717) is 10.8 Å². The van der Waals surface area contributed by atoms with Crippen molar-refractivity contribution in [2.24, 2.45) is 0 Å². The third-order valence-corrected chi connectivity index (χ3v) is 3.58. The van der Waals surface area contributed by atoms with E-state index in [-0.39, 0.29) is 13.3 Å². The van der Waals surface area contributed by atoms with Crippen molar-refractivity contribution < 1.29 is 4.79 Å². The van der Waals surface area contributed by atoms with Crippen LogP contribution in [0.3, 0.4) is 0 Å². The number of aromatic amines is 1. The number of amides is 1. The SMILES string of the molecule is C.Cc1ccc(-c2csc(NC(=O)c3ccn[nH]3)n2)cc1. The summed E-state index contributed by atoms with van der Waals surface area (Å²) >= 11 is 1.40. The first-order chi connectivity index (χ1) is 9.72. The summed E-state index contributed by atoms with van der Waals surface area (Å²) in [4.78, 5) is 16.3. The molecule has 1 amide bonds. The van der Waals surface area contributed by atoms with E-state index in [9.17, 15) is 4.79 Å². The van der Waals surface area contributed by atoms with E-state index >= 15 is 0 Å². The highest BCUT2D eigenvalue weighted by Crippen LogP contribution is 2.25. The quantitative estimate of drug-likeness (QED) is 0.774. The largest absolute Gasteiger partial charge is 0.296 e. The number of H-pyrrole nitrogens is 1. The fraction of sp³-hybridized carbons (Fsp3) is 0.133. The summed E-state index contributed by atoms with van der Waals surface area (Å²) in [5.41, 5.74) is 3.51. The summed E-state index contributed by atoms with van der Waals surface area (Å²) in [6.45, 7) is 2.04. The van der Waals surface area contributed by atoms with Crippen molar-refractivity contribution in [2.75, 3.05) is 5.32 Å². The number of nitrogens with zero attached hydrogens (tertiary/aromatic N) is 2. The zero-order valence-electron chi connectivity index (χ0n) is 10.8. The van der Waals surface area contributed by atoms with Crippen molar-refractivity contribution in [2.45, 2.75) is 14.4 Å². The van der Waals surface area contributed by atoms with Gasteiger partial charge < -0.3 is 0 Å². The molecule has 2 aromatic heterocycles. The fourth-order valence-corrected chi connectivity index (χ4v) is 2.45. The number of nitrogens with one attached hydrogen (secondary N) is 2. The van der Waals surface area contributed by atoms with Gasteiger partial charge in [0.05, 0.1) is 5.69 Å². The standard InChI is InChI=1S/C14H12N4OS.CH4/c1-9-2-4-10(5-3-9)12-8-20-14(16-12)17-13(19)11-6-7-15-18-11;/h2-8H,1H3,(H,15,18)(H,16,17,19);1H4. The molecule has 0 saturated heterocycles. The normalized spacial score (nSPS) is 9.95. The van der Waals surface area contributed by atoms with Crippen molar-refractivity contribution >= 4 is 22.4 Å². The lowest BCUT2D eigenvalue weighted by molar-refractivity contribution is 0.102. The van der Waals surface area contributed by atoms with Crippen molar-refractivity contribution in [1.29, 1.82) is 0 Å². The smallest absolute Gasteiger partial charge is 0.275 e. The predicted molar refractivity (Wildman–Crippen MR) is 85.6 cm³/mol. The van der Waals surface area contributed by atoms with E-state index in [1.807, 2.05) is 36.6 Å². The van der Waals surface area contributed by atoms with Gasteiger partial charge in [-0.15, -0.1) is 11.3 Å². The maximum absolute atomic E-state index is 11.8. The molecule has 21 heavy (non-hydrogen) atoms. The Morgan fingerprint density at radius 3 is 2.67 bits per heavy atom. The van der Waals surface area contributed by atoms with Gasteiger partial charge in [0.15, 0.2) is 5.13 Å². The Morgan fingerprint density at radius 2 is 2.00 bits per heavy atom. The first kappa shape index (κ1) is 14.9. The molecule has 0 aliphatic carbocycles. The van der Waals surface area contributed by atoms with Gasteiger partial charge in [-0.05, 0) is 13.0 Å². The summed E-state index contributed by atoms with van der Waals surface area (Å²) in [5.74, 6) is -0.243. The average Bonchev–Trinajstić information content (AvgIpc) is 3.10. The van der Waals surface area contributed by atoms with Crippen LogP contribution in [0, 0.1) is 6.92 Å². The van der Waals surface area contributed by atoms with Crippen molar-refractivity contribution in [3.05, 3.63) is 53.2 Å². The molecular weight excluding hydrogens is 284 g/mol. The summed E-state index contributed by atoms with van der Waals surface area (Å²) < 4.78 is 0. The third kappa shape index (κ3) is 3.35. The molecule has 108 valence electrons. The number of aromatic nitrogens is 3. The molecule has 0 bridgehead atoms. The minimum atomic E-state index is -0.243. The van der Waals surface area contributed by atoms with Crippen LogP contribution in [-0.2, 0) is 0 Å². The van der Waals surface area contributed by atoms with Crippen LogP contribution in [0.1, 0.15) is 23.5 Å². The molecule has 0 fully saturated rings. The minimum absolute atomic E-state index is 0. The number of hydrogen-bond donors (Lipinski definition) is 2. The maximum atomic E-state index is 11.8. The average molecular weight is 300 g/mol. The van der Waals surface area contributed by atoms with E-state index in [1.165, 1.54) is 23.1 Å². The lowest BCUT2D eigenvalue weighted by Gasteiger charge is -1.99. The molecule has 0 aliphatic rings. The van der Waals surface area contributed by atoms with Gasteiger partial charge in [-0.3, -0.25) is 15.2 Å². The second-order valence-corrected chi connectivity index (χ2v) is 5.19. The Bertz CT molecular complexity index is 716. The number of carbonyl (C=O) groups is 1. The third-order valence-electron chi connectivity index (χ3n) is 2.82. The Kier molecular flexibility index (Phi) is 4.49. The van der Waals surface area contributed by atoms with Gasteiger partial charge in [-0.1, -0.05) is 37.3 Å². The minimum Gasteiger partial charge on any atom is -0.296 e. The van der Waals surface area contributed by atoms with Gasteiger partial charge in [0.25, 0.3) is 5.91 Å². The number of thiazole rings is 1. The number of carbonyl (C=O) groups excluding carboxylic acids is 1. The van der Waals surface area contributed by atoms with Crippen LogP contribution in [0.5, 0.6) is 0 Å². The van der Waals surface area contributed by atoms with Crippen molar-refractivity contribution in [3.8, 4) is 11.3 Å². The predicted octanol–water partition coefficient (Wildman–Crippen LogP) is 3.73. The second kappa shape index (κ2) is 6.32. The van der Waals surface area contributed by atoms with E-state index < -0.39 is 0 Å². The van der Waals surface area contributed by atoms with Gasteiger partial charge in [0.2, 0.25) is 0 Å². The highest BCUT2D eigenvalue weighted by molar-refractivity contribution is 7.14. The van der Waals surface area contributed by atoms with Gasteiger partial charge in [-0.2, -0.15) is 5.10 Å². The topological polar surface area (TPSA) is 70.7 Å². The number of anilines is 1. The molecule has 2 heterocycles. The summed E-state index contributed by atoms with van der Waals surface area (Å²) in [7, 11) is 0. The second-order valence-electron chi connectivity index (χ2n) is 4.33. The summed E-state index contributed by atoms with van der Waals surface area (Å²) in [6, 6.07) is 9.73. The number of benzene rings is 1. The molecule has 5 nitrogen and oxygen atoms in total. The van der Waals surface area contributed by atoms with Crippen LogP contribution in [-0.4, -0.2) is 21.1 Å². The van der Waals surface area contributed by atoms with E-state index in [0.717, 1.165) is 11.3 Å². The fourth-order valence-electron chi connectivity index (χ4n) is 1.73. The number of hydrogen-bond acceptors (Lipinski definition) is 4. The van der Waals surface area contributed by atoms with Gasteiger partial charge in [0.1, 0.15) is 5.69 Å². The van der Waals surface area contributed by atoms with E-state index in [4.69, 9.17) is 0 Å². The lowest BCUT2D eigenvalue weighted by Crippen LogP contribution is -2.12. The molecule has 2 N–H and O–H groups in total. The van der Waals surface area contributed by atoms with Gasteiger partial charge in [-0.25, -0.2) is 4.98 Å². The zero-order chi connectivity index (χ0) is 13.9. The monoisotopic (exact) mass is 300 g/mol. The molecular formula is C15H16N4OS. The number of rotatable bonds is 3. The first-order valence-corrected chi connectivity index (χ1v) is 6.93. The molecule has 1 aromatic carbocycles. The van der Waals surface area contributed by atoms with E-state index in [2.05, 4.69) is 20.5 Å². The molecule has 0 atom stereocenters. The van der Waals surface area contributed by atoms with Crippen LogP contribution >= 0.6 is 11.3 Å². The highest BCUT2D eigenvalue weighted by atomic mass is 32.1. The van der Waals surface area contributed by atoms with E-state index in [1.54, 1.807) is 6.07 Å².